The summed E-state index contributed by atoms with van der Waals surface area (Å²) in [5, 5.41) is 6.23. The predicted molar refractivity (Wildman–Crippen MR) is 103 cm³/mol. The molecule has 26 heavy (non-hydrogen) atoms. The SMILES string of the molecule is CNC1CCN(C(=O)CNC(=O)c2c[nH]c3ccccc3c2=O)CC1.Cl. The molecule has 0 radical (unpaired) electrons. The van der Waals surface area contributed by atoms with E-state index in [9.17, 15) is 14.4 Å². The lowest BCUT2D eigenvalue weighted by atomic mass is 10.1. The Morgan fingerprint density at radius 2 is 1.92 bits per heavy atom. The summed E-state index contributed by atoms with van der Waals surface area (Å²) in [7, 11) is 1.92. The number of H-pyrrole nitrogens is 1. The van der Waals surface area contributed by atoms with E-state index in [-0.39, 0.29) is 35.9 Å². The molecule has 8 heteroatoms. The highest BCUT2D eigenvalue weighted by Gasteiger charge is 2.22. The minimum atomic E-state index is -0.537. The maximum atomic E-state index is 12.4. The second-order valence-corrected chi connectivity index (χ2v) is 6.20. The van der Waals surface area contributed by atoms with E-state index in [0.29, 0.717) is 30.0 Å². The third-order valence-electron chi connectivity index (χ3n) is 4.69. The molecule has 2 heterocycles. The van der Waals surface area contributed by atoms with Gasteiger partial charge in [-0.25, -0.2) is 0 Å². The highest BCUT2D eigenvalue weighted by Crippen LogP contribution is 2.10. The number of carbonyl (C=O) groups is 2. The van der Waals surface area contributed by atoms with Gasteiger partial charge in [-0.2, -0.15) is 0 Å². The van der Waals surface area contributed by atoms with E-state index in [1.807, 2.05) is 13.1 Å². The van der Waals surface area contributed by atoms with Crippen molar-refractivity contribution in [3.63, 3.8) is 0 Å². The van der Waals surface area contributed by atoms with Crippen LogP contribution in [0, 0.1) is 0 Å². The molecule has 1 saturated heterocycles. The smallest absolute Gasteiger partial charge is 0.257 e. The van der Waals surface area contributed by atoms with Crippen molar-refractivity contribution in [2.45, 2.75) is 18.9 Å². The molecule has 1 fully saturated rings. The van der Waals surface area contributed by atoms with Gasteiger partial charge in [0.2, 0.25) is 11.3 Å². The number of rotatable bonds is 4. The standard InChI is InChI=1S/C18H22N4O3.ClH/c1-19-12-6-8-22(9-7-12)16(23)11-21-18(25)14-10-20-15-5-3-2-4-13(15)17(14)24;/h2-5,10,12,19H,6-9,11H2,1H3,(H,20,24)(H,21,25);1H. The van der Waals surface area contributed by atoms with Gasteiger partial charge in [0.05, 0.1) is 6.54 Å². The van der Waals surface area contributed by atoms with Crippen molar-refractivity contribution in [3.8, 4) is 0 Å². The average Bonchev–Trinajstić information content (AvgIpc) is 2.66. The number of aromatic amines is 1. The van der Waals surface area contributed by atoms with Gasteiger partial charge < -0.3 is 20.5 Å². The number of likely N-dealkylation sites (tertiary alicyclic amines) is 1. The van der Waals surface area contributed by atoms with Gasteiger partial charge in [-0.3, -0.25) is 14.4 Å². The van der Waals surface area contributed by atoms with Crippen molar-refractivity contribution < 1.29 is 9.59 Å². The largest absolute Gasteiger partial charge is 0.360 e. The molecule has 0 saturated carbocycles. The maximum absolute atomic E-state index is 12.4. The predicted octanol–water partition coefficient (Wildman–Crippen LogP) is 0.890. The highest BCUT2D eigenvalue weighted by molar-refractivity contribution is 5.98. The lowest BCUT2D eigenvalue weighted by molar-refractivity contribution is -0.131. The van der Waals surface area contributed by atoms with Crippen LogP contribution in [-0.2, 0) is 4.79 Å². The average molecular weight is 379 g/mol. The van der Waals surface area contributed by atoms with Crippen LogP contribution >= 0.6 is 12.4 Å². The first-order chi connectivity index (χ1) is 12.1. The number of nitrogens with zero attached hydrogens (tertiary/aromatic N) is 1. The summed E-state index contributed by atoms with van der Waals surface area (Å²) in [4.78, 5) is 41.6. The summed E-state index contributed by atoms with van der Waals surface area (Å²) in [5.74, 6) is -0.661. The summed E-state index contributed by atoms with van der Waals surface area (Å²) < 4.78 is 0. The second-order valence-electron chi connectivity index (χ2n) is 6.20. The number of aromatic nitrogens is 1. The molecule has 0 aliphatic carbocycles. The van der Waals surface area contributed by atoms with Crippen LogP contribution in [-0.4, -0.2) is 54.4 Å². The molecule has 1 aromatic heterocycles. The Morgan fingerprint density at radius 1 is 1.23 bits per heavy atom. The molecular formula is C18H23ClN4O3. The zero-order valence-corrected chi connectivity index (χ0v) is 15.4. The molecule has 1 aliphatic heterocycles. The van der Waals surface area contributed by atoms with E-state index in [4.69, 9.17) is 0 Å². The fourth-order valence-corrected chi connectivity index (χ4v) is 3.12. The molecule has 1 aliphatic rings. The summed E-state index contributed by atoms with van der Waals surface area (Å²) in [6.45, 7) is 1.25. The molecule has 1 aromatic carbocycles. The molecule has 0 atom stereocenters. The van der Waals surface area contributed by atoms with Gasteiger partial charge in [-0.1, -0.05) is 12.1 Å². The fourth-order valence-electron chi connectivity index (χ4n) is 3.12. The van der Waals surface area contributed by atoms with E-state index >= 15 is 0 Å². The number of benzene rings is 1. The van der Waals surface area contributed by atoms with Crippen molar-refractivity contribution in [1.82, 2.24) is 20.5 Å². The van der Waals surface area contributed by atoms with E-state index in [1.54, 1.807) is 23.1 Å². The Kier molecular flexibility index (Phi) is 6.76. The van der Waals surface area contributed by atoms with Crippen LogP contribution in [0.5, 0.6) is 0 Å². The van der Waals surface area contributed by atoms with E-state index < -0.39 is 5.91 Å². The third kappa shape index (κ3) is 4.23. The molecule has 2 aromatic rings. The van der Waals surface area contributed by atoms with Crippen molar-refractivity contribution in [2.75, 3.05) is 26.7 Å². The van der Waals surface area contributed by atoms with Crippen LogP contribution in [0.2, 0.25) is 0 Å². The molecule has 0 bridgehead atoms. The number of amides is 2. The van der Waals surface area contributed by atoms with Crippen molar-refractivity contribution in [3.05, 3.63) is 46.2 Å². The summed E-state index contributed by atoms with van der Waals surface area (Å²) in [5.41, 5.74) is 0.349. The number of carbonyl (C=O) groups excluding carboxylic acids is 2. The molecule has 0 spiro atoms. The van der Waals surface area contributed by atoms with Gasteiger partial charge in [-0.05, 0) is 32.0 Å². The number of halogens is 1. The van der Waals surface area contributed by atoms with Crippen LogP contribution in [0.15, 0.2) is 35.3 Å². The number of piperidine rings is 1. The fraction of sp³-hybridized carbons (Fsp3) is 0.389. The zero-order chi connectivity index (χ0) is 17.8. The van der Waals surface area contributed by atoms with Crippen LogP contribution in [0.3, 0.4) is 0 Å². The van der Waals surface area contributed by atoms with Gasteiger partial charge in [0.15, 0.2) is 0 Å². The summed E-state index contributed by atoms with van der Waals surface area (Å²) in [6, 6.07) is 7.44. The monoisotopic (exact) mass is 378 g/mol. The lowest BCUT2D eigenvalue weighted by Crippen LogP contribution is -2.47. The van der Waals surface area contributed by atoms with E-state index in [2.05, 4.69) is 15.6 Å². The van der Waals surface area contributed by atoms with Gasteiger partial charge in [0.1, 0.15) is 5.56 Å². The first-order valence-electron chi connectivity index (χ1n) is 8.44. The van der Waals surface area contributed by atoms with E-state index in [0.717, 1.165) is 12.8 Å². The highest BCUT2D eigenvalue weighted by atomic mass is 35.5. The Labute approximate surface area is 157 Å². The molecular weight excluding hydrogens is 356 g/mol. The summed E-state index contributed by atoms with van der Waals surface area (Å²) in [6.07, 6.45) is 3.20. The third-order valence-corrected chi connectivity index (χ3v) is 4.69. The first kappa shape index (κ1) is 19.9. The quantitative estimate of drug-likeness (QED) is 0.736. The normalized spacial score (nSPS) is 14.7. The first-order valence-corrected chi connectivity index (χ1v) is 8.44. The number of hydrogen-bond acceptors (Lipinski definition) is 4. The van der Waals surface area contributed by atoms with Crippen LogP contribution in [0.1, 0.15) is 23.2 Å². The van der Waals surface area contributed by atoms with Gasteiger partial charge >= 0.3 is 0 Å². The Hall–Kier alpha value is -2.38. The summed E-state index contributed by atoms with van der Waals surface area (Å²) >= 11 is 0. The number of fused-ring (bicyclic) bond motifs is 1. The number of pyridine rings is 1. The minimum absolute atomic E-state index is 0. The Morgan fingerprint density at radius 3 is 2.62 bits per heavy atom. The van der Waals surface area contributed by atoms with Crippen LogP contribution in [0.25, 0.3) is 10.9 Å². The van der Waals surface area contributed by atoms with E-state index in [1.165, 1.54) is 6.20 Å². The molecule has 7 nitrogen and oxygen atoms in total. The molecule has 2 amide bonds. The van der Waals surface area contributed by atoms with Crippen molar-refractivity contribution in [2.24, 2.45) is 0 Å². The lowest BCUT2D eigenvalue weighted by Gasteiger charge is -2.31. The van der Waals surface area contributed by atoms with Gasteiger partial charge in [-0.15, -0.1) is 12.4 Å². The van der Waals surface area contributed by atoms with Crippen molar-refractivity contribution >= 4 is 35.1 Å². The molecule has 0 unspecified atom stereocenters. The second kappa shape index (κ2) is 8.82. The molecule has 3 rings (SSSR count). The minimum Gasteiger partial charge on any atom is -0.360 e. The number of hydrogen-bond donors (Lipinski definition) is 3. The number of nitrogens with one attached hydrogen (secondary N) is 3. The number of para-hydroxylation sites is 1. The Balaban J connectivity index is 0.00000243. The molecule has 140 valence electrons. The van der Waals surface area contributed by atoms with Crippen LogP contribution < -0.4 is 16.1 Å². The zero-order valence-electron chi connectivity index (χ0n) is 14.6. The molecule has 3 N–H and O–H groups in total. The Bertz CT molecular complexity index is 844. The topological polar surface area (TPSA) is 94.3 Å². The van der Waals surface area contributed by atoms with Gasteiger partial charge in [0.25, 0.3) is 5.91 Å². The maximum Gasteiger partial charge on any atom is 0.257 e. The van der Waals surface area contributed by atoms with Crippen LogP contribution in [0.4, 0.5) is 0 Å². The van der Waals surface area contributed by atoms with Gasteiger partial charge in [0, 0.05) is 36.2 Å². The van der Waals surface area contributed by atoms with Crippen molar-refractivity contribution in [1.29, 1.82) is 0 Å².